The van der Waals surface area contributed by atoms with Gasteiger partial charge >= 0.3 is 0 Å². The van der Waals surface area contributed by atoms with Crippen molar-refractivity contribution in [3.05, 3.63) is 72.8 Å². The van der Waals surface area contributed by atoms with Crippen LogP contribution in [-0.2, 0) is 14.8 Å². The molecule has 9 heteroatoms. The number of anilines is 2. The third-order valence-electron chi connectivity index (χ3n) is 5.15. The summed E-state index contributed by atoms with van der Waals surface area (Å²) in [6.45, 7) is 2.03. The maximum absolute atomic E-state index is 13.4. The number of hydrogen-bond acceptors (Lipinski definition) is 6. The summed E-state index contributed by atoms with van der Waals surface area (Å²) in [5.74, 6) is 0.872. The average molecular weight is 469 g/mol. The summed E-state index contributed by atoms with van der Waals surface area (Å²) in [6, 6.07) is 20.2. The largest absolute Gasteiger partial charge is 0.495 e. The van der Waals surface area contributed by atoms with Crippen LogP contribution >= 0.6 is 0 Å². The number of benzene rings is 3. The molecule has 0 saturated carbocycles. The zero-order valence-electron chi connectivity index (χ0n) is 18.2. The molecule has 1 atom stereocenters. The van der Waals surface area contributed by atoms with Gasteiger partial charge in [0, 0.05) is 6.54 Å². The van der Waals surface area contributed by atoms with E-state index in [0.29, 0.717) is 22.9 Å². The van der Waals surface area contributed by atoms with Crippen LogP contribution in [0.25, 0.3) is 0 Å². The second-order valence-electron chi connectivity index (χ2n) is 7.22. The molecule has 0 aromatic heterocycles. The minimum atomic E-state index is -3.88. The molecule has 3 aromatic rings. The lowest BCUT2D eigenvalue weighted by molar-refractivity contribution is -0.125. The Morgan fingerprint density at radius 2 is 1.76 bits per heavy atom. The Hall–Kier alpha value is -3.72. The molecule has 1 heterocycles. The molecule has 3 aromatic carbocycles. The lowest BCUT2D eigenvalue weighted by Gasteiger charge is -2.26. The number of amides is 1. The molecule has 0 spiro atoms. The summed E-state index contributed by atoms with van der Waals surface area (Å²) in [5.41, 5.74) is 0.767. The van der Waals surface area contributed by atoms with Crippen molar-refractivity contribution in [2.45, 2.75) is 17.9 Å². The highest BCUT2D eigenvalue weighted by atomic mass is 32.2. The Balaban J connectivity index is 1.60. The molecule has 33 heavy (non-hydrogen) atoms. The molecule has 1 N–H and O–H groups in total. The van der Waals surface area contributed by atoms with Crippen molar-refractivity contribution in [3.63, 3.8) is 0 Å². The maximum atomic E-state index is 13.4. The van der Waals surface area contributed by atoms with Crippen LogP contribution in [0.1, 0.15) is 6.92 Å². The second kappa shape index (κ2) is 9.41. The average Bonchev–Trinajstić information content (AvgIpc) is 2.84. The Labute approximate surface area is 192 Å². The molecule has 0 unspecified atom stereocenters. The number of para-hydroxylation sites is 3. The summed E-state index contributed by atoms with van der Waals surface area (Å²) in [6.07, 6.45) is -0.902. The predicted molar refractivity (Wildman–Crippen MR) is 125 cm³/mol. The molecule has 1 amide bonds. The number of sulfonamides is 1. The smallest absolute Gasteiger partial charge is 0.269 e. The highest BCUT2D eigenvalue weighted by molar-refractivity contribution is 7.92. The van der Waals surface area contributed by atoms with Crippen molar-refractivity contribution in [2.75, 3.05) is 29.9 Å². The van der Waals surface area contributed by atoms with Crippen molar-refractivity contribution in [3.8, 4) is 17.2 Å². The van der Waals surface area contributed by atoms with Crippen molar-refractivity contribution < 1.29 is 27.4 Å². The van der Waals surface area contributed by atoms with Gasteiger partial charge in [-0.15, -0.1) is 0 Å². The van der Waals surface area contributed by atoms with Crippen molar-refractivity contribution in [1.82, 2.24) is 0 Å². The van der Waals surface area contributed by atoms with Crippen LogP contribution in [0.3, 0.4) is 0 Å². The van der Waals surface area contributed by atoms with E-state index in [1.165, 1.54) is 29.6 Å². The number of carbonyl (C=O) groups is 1. The summed E-state index contributed by atoms with van der Waals surface area (Å²) in [5, 5.41) is 2.72. The summed E-state index contributed by atoms with van der Waals surface area (Å²) < 4.78 is 44.7. The van der Waals surface area contributed by atoms with Crippen molar-refractivity contribution in [1.29, 1.82) is 0 Å². The monoisotopic (exact) mass is 468 g/mol. The number of carbonyl (C=O) groups excluding carboxylic acids is 1. The molecule has 172 valence electrons. The normalized spacial score (nSPS) is 14.9. The Bertz CT molecular complexity index is 1250. The summed E-state index contributed by atoms with van der Waals surface area (Å²) in [4.78, 5) is 12.9. The molecule has 8 nitrogen and oxygen atoms in total. The van der Waals surface area contributed by atoms with E-state index in [2.05, 4.69) is 5.32 Å². The van der Waals surface area contributed by atoms with Gasteiger partial charge in [-0.3, -0.25) is 9.10 Å². The first-order chi connectivity index (χ1) is 15.9. The summed E-state index contributed by atoms with van der Waals surface area (Å²) in [7, 11) is -2.44. The molecule has 1 aliphatic rings. The highest BCUT2D eigenvalue weighted by Crippen LogP contribution is 2.33. The quantitative estimate of drug-likeness (QED) is 0.568. The number of rotatable bonds is 7. The van der Waals surface area contributed by atoms with E-state index in [1.807, 2.05) is 12.1 Å². The fraction of sp³-hybridized carbons (Fsp3) is 0.208. The lowest BCUT2D eigenvalue weighted by atomic mass is 10.2. The van der Waals surface area contributed by atoms with Gasteiger partial charge in [-0.05, 0) is 49.4 Å². The van der Waals surface area contributed by atoms with Crippen LogP contribution in [0.15, 0.2) is 77.7 Å². The highest BCUT2D eigenvalue weighted by Gasteiger charge is 2.29. The van der Waals surface area contributed by atoms with Gasteiger partial charge in [0.15, 0.2) is 11.5 Å². The molecule has 4 rings (SSSR count). The SMILES string of the molecule is CCN(c1ccccc1)S(=O)(=O)c1ccc(OC)c(NC(=O)[C@@H]2COc3ccccc3O2)c1. The van der Waals surface area contributed by atoms with Gasteiger partial charge in [0.05, 0.1) is 23.4 Å². The molecule has 0 aliphatic carbocycles. The second-order valence-corrected chi connectivity index (χ2v) is 9.08. The standard InChI is InChI=1S/C24H24N2O6S/c1-3-26(17-9-5-4-6-10-17)33(28,29)18-13-14-20(30-2)19(15-18)25-24(27)23-16-31-21-11-7-8-12-22(21)32-23/h4-15,23H,3,16H2,1-2H3,(H,25,27)/t23-/m0/s1. The molecule has 1 aliphatic heterocycles. The number of nitrogens with one attached hydrogen (secondary N) is 1. The first kappa shape index (κ1) is 22.5. The van der Waals surface area contributed by atoms with Gasteiger partial charge < -0.3 is 19.5 Å². The molecule has 0 radical (unpaired) electrons. The third kappa shape index (κ3) is 4.58. The Kier molecular flexibility index (Phi) is 6.41. The molecular formula is C24H24N2O6S. The fourth-order valence-electron chi connectivity index (χ4n) is 3.52. The van der Waals surface area contributed by atoms with Crippen LogP contribution in [0.5, 0.6) is 17.2 Å². The van der Waals surface area contributed by atoms with Crippen LogP contribution in [0.4, 0.5) is 11.4 Å². The van der Waals surface area contributed by atoms with Gasteiger partial charge in [0.2, 0.25) is 6.10 Å². The van der Waals surface area contributed by atoms with Crippen LogP contribution < -0.4 is 23.8 Å². The Morgan fingerprint density at radius 1 is 1.06 bits per heavy atom. The van der Waals surface area contributed by atoms with Gasteiger partial charge in [-0.25, -0.2) is 8.42 Å². The van der Waals surface area contributed by atoms with E-state index in [4.69, 9.17) is 14.2 Å². The van der Waals surface area contributed by atoms with Crippen molar-refractivity contribution >= 4 is 27.3 Å². The number of hydrogen-bond donors (Lipinski definition) is 1. The van der Waals surface area contributed by atoms with Gasteiger partial charge in [-0.1, -0.05) is 30.3 Å². The predicted octanol–water partition coefficient (Wildman–Crippen LogP) is 3.69. The van der Waals surface area contributed by atoms with Crippen LogP contribution in [-0.4, -0.2) is 40.7 Å². The molecule has 0 bridgehead atoms. The molecular weight excluding hydrogens is 444 g/mol. The molecule has 0 fully saturated rings. The number of methoxy groups -OCH3 is 1. The van der Waals surface area contributed by atoms with Gasteiger partial charge in [0.1, 0.15) is 12.4 Å². The van der Waals surface area contributed by atoms with Gasteiger partial charge in [0.25, 0.3) is 15.9 Å². The number of ether oxygens (including phenoxy) is 3. The zero-order valence-corrected chi connectivity index (χ0v) is 19.0. The number of nitrogens with zero attached hydrogens (tertiary/aromatic N) is 1. The fourth-order valence-corrected chi connectivity index (χ4v) is 5.02. The van der Waals surface area contributed by atoms with Crippen LogP contribution in [0, 0.1) is 0 Å². The first-order valence-corrected chi connectivity index (χ1v) is 11.8. The minimum Gasteiger partial charge on any atom is -0.495 e. The van der Waals surface area contributed by atoms with E-state index in [-0.39, 0.29) is 23.7 Å². The minimum absolute atomic E-state index is 0.0236. The van der Waals surface area contributed by atoms with E-state index in [9.17, 15) is 13.2 Å². The topological polar surface area (TPSA) is 94.2 Å². The maximum Gasteiger partial charge on any atom is 0.269 e. The van der Waals surface area contributed by atoms with Crippen LogP contribution in [0.2, 0.25) is 0 Å². The lowest BCUT2D eigenvalue weighted by Crippen LogP contribution is -2.40. The third-order valence-corrected chi connectivity index (χ3v) is 7.05. The van der Waals surface area contributed by atoms with E-state index in [1.54, 1.807) is 49.4 Å². The van der Waals surface area contributed by atoms with E-state index < -0.39 is 22.0 Å². The summed E-state index contributed by atoms with van der Waals surface area (Å²) >= 11 is 0. The first-order valence-electron chi connectivity index (χ1n) is 10.4. The van der Waals surface area contributed by atoms with Gasteiger partial charge in [-0.2, -0.15) is 0 Å². The van der Waals surface area contributed by atoms with E-state index in [0.717, 1.165) is 0 Å². The van der Waals surface area contributed by atoms with E-state index >= 15 is 0 Å². The Morgan fingerprint density at radius 3 is 2.45 bits per heavy atom. The molecule has 0 saturated heterocycles. The van der Waals surface area contributed by atoms with Crippen molar-refractivity contribution in [2.24, 2.45) is 0 Å². The zero-order chi connectivity index (χ0) is 23.4. The number of fused-ring (bicyclic) bond motifs is 1.